The molecule has 2 atom stereocenters. The van der Waals surface area contributed by atoms with Crippen LogP contribution in [0.3, 0.4) is 0 Å². The molecule has 6 nitrogen and oxygen atoms in total. The number of benzene rings is 1. The summed E-state index contributed by atoms with van der Waals surface area (Å²) in [7, 11) is -2.27. The lowest BCUT2D eigenvalue weighted by atomic mass is 10.1. The highest BCUT2D eigenvalue weighted by atomic mass is 32.2. The molecule has 0 aromatic heterocycles. The molecular formula is C26H33N2O4S3+. The summed E-state index contributed by atoms with van der Waals surface area (Å²) in [4.78, 5) is 3.34. The van der Waals surface area contributed by atoms with Gasteiger partial charge in [-0.25, -0.2) is 4.58 Å². The molecule has 2 aliphatic heterocycles. The van der Waals surface area contributed by atoms with Gasteiger partial charge in [0.1, 0.15) is 12.3 Å². The number of anilines is 1. The highest BCUT2D eigenvalue weighted by Crippen LogP contribution is 2.47. The Bertz CT molecular complexity index is 1250. The van der Waals surface area contributed by atoms with Crippen molar-refractivity contribution >= 4 is 44.4 Å². The maximum absolute atomic E-state index is 11.3. The van der Waals surface area contributed by atoms with E-state index in [1.54, 1.807) is 18.9 Å². The van der Waals surface area contributed by atoms with E-state index >= 15 is 0 Å². The predicted octanol–water partition coefficient (Wildman–Crippen LogP) is 5.38. The quantitative estimate of drug-likeness (QED) is 0.338. The molecule has 0 bridgehead atoms. The van der Waals surface area contributed by atoms with Crippen LogP contribution in [0, 0.1) is 6.92 Å². The molecule has 1 aliphatic carbocycles. The topological polar surface area (TPSA) is 69.8 Å². The van der Waals surface area contributed by atoms with Gasteiger partial charge in [-0.1, -0.05) is 30.8 Å². The Morgan fingerprint density at radius 3 is 2.80 bits per heavy atom. The van der Waals surface area contributed by atoms with Crippen molar-refractivity contribution in [2.45, 2.75) is 49.8 Å². The van der Waals surface area contributed by atoms with Gasteiger partial charge in [-0.15, -0.1) is 0 Å². The Labute approximate surface area is 217 Å². The van der Waals surface area contributed by atoms with Crippen molar-refractivity contribution in [2.75, 3.05) is 30.9 Å². The van der Waals surface area contributed by atoms with Gasteiger partial charge >= 0.3 is 0 Å². The number of thioether (sulfide) groups is 2. The number of allylic oxidation sites excluding steroid dienone is 3. The van der Waals surface area contributed by atoms with Crippen molar-refractivity contribution in [3.8, 4) is 0 Å². The summed E-state index contributed by atoms with van der Waals surface area (Å²) in [6.45, 7) is 7.84. The second kappa shape index (κ2) is 11.0. The third-order valence-electron chi connectivity index (χ3n) is 6.29. The minimum Gasteiger partial charge on any atom is -0.497 e. The van der Waals surface area contributed by atoms with Gasteiger partial charge in [0.25, 0.3) is 10.1 Å². The highest BCUT2D eigenvalue weighted by molar-refractivity contribution is 8.15. The molecule has 0 saturated heterocycles. The zero-order valence-electron chi connectivity index (χ0n) is 20.6. The summed E-state index contributed by atoms with van der Waals surface area (Å²) in [5.41, 5.74) is 3.47. The molecule has 0 radical (unpaired) electrons. The number of aryl methyl sites for hydroxylation is 1. The van der Waals surface area contributed by atoms with Crippen LogP contribution >= 0.6 is 23.5 Å². The fourth-order valence-electron chi connectivity index (χ4n) is 4.49. The van der Waals surface area contributed by atoms with E-state index in [0.29, 0.717) is 18.2 Å². The number of fused-ring (bicyclic) bond motifs is 2. The molecule has 1 N–H and O–H groups in total. The molecule has 0 saturated carbocycles. The molecule has 0 fully saturated rings. The number of nitrogens with zero attached hydrogens (tertiary/aromatic N) is 2. The summed E-state index contributed by atoms with van der Waals surface area (Å²) < 4.78 is 39.7. The fraction of sp³-hybridized carbons (Fsp3) is 0.423. The second-order valence-corrected chi connectivity index (χ2v) is 12.6. The number of ether oxygens (including phenoxy) is 1. The predicted molar refractivity (Wildman–Crippen MR) is 147 cm³/mol. The molecule has 1 aromatic carbocycles. The van der Waals surface area contributed by atoms with Crippen LogP contribution in [0.4, 0.5) is 5.69 Å². The lowest BCUT2D eigenvalue weighted by Crippen LogP contribution is -2.30. The van der Waals surface area contributed by atoms with Crippen molar-refractivity contribution in [3.05, 3.63) is 70.5 Å². The maximum Gasteiger partial charge on any atom is 0.264 e. The average molecular weight is 534 g/mol. The Morgan fingerprint density at radius 1 is 1.31 bits per heavy atom. The van der Waals surface area contributed by atoms with Crippen LogP contribution in [0.15, 0.2) is 69.8 Å². The minimum atomic E-state index is -3.98. The number of hydrogen-bond acceptors (Lipinski definition) is 6. The van der Waals surface area contributed by atoms with Gasteiger partial charge in [-0.3, -0.25) is 4.55 Å². The van der Waals surface area contributed by atoms with Crippen LogP contribution in [0.2, 0.25) is 0 Å². The van der Waals surface area contributed by atoms with Gasteiger partial charge in [0, 0.05) is 23.6 Å². The van der Waals surface area contributed by atoms with E-state index in [1.807, 2.05) is 11.8 Å². The molecule has 1 aromatic rings. The molecule has 4 rings (SSSR count). The molecule has 2 heterocycles. The molecule has 3 aliphatic rings. The van der Waals surface area contributed by atoms with Crippen molar-refractivity contribution in [1.29, 1.82) is 0 Å². The monoisotopic (exact) mass is 533 g/mol. The molecule has 0 spiro atoms. The lowest BCUT2D eigenvalue weighted by Gasteiger charge is -2.21. The van der Waals surface area contributed by atoms with E-state index < -0.39 is 10.1 Å². The zero-order chi connectivity index (χ0) is 25.2. The SMILES string of the molecule is CCC(=CC1=[N+](CC)C2C=C(OC)C=CC2S1)C=C1Sc2ccc(C)cc2N1CCCS(=O)(=O)O. The van der Waals surface area contributed by atoms with Crippen LogP contribution in [-0.2, 0) is 14.9 Å². The summed E-state index contributed by atoms with van der Waals surface area (Å²) >= 11 is 3.59. The number of likely N-dealkylation sites (N-methyl/N-ethyl adjacent to an activating group) is 1. The molecule has 9 heteroatoms. The summed E-state index contributed by atoms with van der Waals surface area (Å²) in [5, 5.41) is 2.71. The Kier molecular flexibility index (Phi) is 8.20. The maximum atomic E-state index is 11.3. The van der Waals surface area contributed by atoms with Crippen molar-refractivity contribution in [3.63, 3.8) is 0 Å². The standard InChI is InChI=1S/C26H32N2O4S3/c1-5-19(15-25-27(6-2)22-17-20(32-4)9-11-24(22)33-25)16-26-28(12-7-13-35(29,30)31)21-14-18(3)8-10-23(21)34-26/h8-11,14-17,22,24H,5-7,12-13H2,1-4H3/p+1. The second-order valence-electron chi connectivity index (χ2n) is 8.75. The zero-order valence-corrected chi connectivity index (χ0v) is 23.0. The fourth-order valence-corrected chi connectivity index (χ4v) is 7.54. The summed E-state index contributed by atoms with van der Waals surface area (Å²) in [5.74, 6) is 0.663. The van der Waals surface area contributed by atoms with Gasteiger partial charge in [0.05, 0.1) is 28.8 Å². The first-order valence-electron chi connectivity index (χ1n) is 11.9. The minimum absolute atomic E-state index is 0.244. The van der Waals surface area contributed by atoms with Crippen molar-refractivity contribution in [2.24, 2.45) is 0 Å². The van der Waals surface area contributed by atoms with Gasteiger partial charge < -0.3 is 9.64 Å². The van der Waals surface area contributed by atoms with Gasteiger partial charge in [-0.2, -0.15) is 8.42 Å². The van der Waals surface area contributed by atoms with E-state index in [0.717, 1.165) is 39.9 Å². The Morgan fingerprint density at radius 2 is 2.11 bits per heavy atom. The van der Waals surface area contributed by atoms with Crippen LogP contribution < -0.4 is 4.90 Å². The van der Waals surface area contributed by atoms with Gasteiger partial charge in [0.2, 0.25) is 5.04 Å². The number of rotatable bonds is 9. The smallest absolute Gasteiger partial charge is 0.264 e. The Balaban J connectivity index is 1.65. The van der Waals surface area contributed by atoms with Crippen molar-refractivity contribution in [1.82, 2.24) is 0 Å². The van der Waals surface area contributed by atoms with E-state index in [2.05, 4.69) is 78.8 Å². The van der Waals surface area contributed by atoms with E-state index in [-0.39, 0.29) is 11.8 Å². The molecule has 188 valence electrons. The van der Waals surface area contributed by atoms with Crippen LogP contribution in [0.25, 0.3) is 0 Å². The van der Waals surface area contributed by atoms with Crippen LogP contribution in [-0.4, -0.2) is 59.8 Å². The third-order valence-corrected chi connectivity index (χ3v) is 9.51. The van der Waals surface area contributed by atoms with Crippen LogP contribution in [0.5, 0.6) is 0 Å². The van der Waals surface area contributed by atoms with Gasteiger partial charge in [-0.05, 0) is 73.9 Å². The highest BCUT2D eigenvalue weighted by Gasteiger charge is 2.40. The summed E-state index contributed by atoms with van der Waals surface area (Å²) in [6, 6.07) is 6.65. The van der Waals surface area contributed by atoms with Crippen LogP contribution in [0.1, 0.15) is 32.3 Å². The summed E-state index contributed by atoms with van der Waals surface area (Å²) in [6.07, 6.45) is 12.2. The first-order chi connectivity index (χ1) is 16.7. The molecule has 0 amide bonds. The van der Waals surface area contributed by atoms with Gasteiger partial charge in [0.15, 0.2) is 6.04 Å². The number of methoxy groups -OCH3 is 1. The normalized spacial score (nSPS) is 23.1. The van der Waals surface area contributed by atoms with Crippen molar-refractivity contribution < 1.29 is 22.3 Å². The van der Waals surface area contributed by atoms with E-state index in [1.165, 1.54) is 10.6 Å². The third kappa shape index (κ3) is 6.07. The molecular weight excluding hydrogens is 500 g/mol. The largest absolute Gasteiger partial charge is 0.497 e. The lowest BCUT2D eigenvalue weighted by molar-refractivity contribution is -0.543. The first kappa shape index (κ1) is 26.1. The average Bonchev–Trinajstić information content (AvgIpc) is 3.33. The molecule has 2 unspecified atom stereocenters. The first-order valence-corrected chi connectivity index (χ1v) is 15.2. The van der Waals surface area contributed by atoms with E-state index in [4.69, 9.17) is 4.74 Å². The molecule has 35 heavy (non-hydrogen) atoms. The number of hydrogen-bond donors (Lipinski definition) is 1. The Hall–Kier alpha value is -1.94. The van der Waals surface area contributed by atoms with E-state index in [9.17, 15) is 13.0 Å².